The van der Waals surface area contributed by atoms with Crippen molar-refractivity contribution in [1.29, 1.82) is 0 Å². The summed E-state index contributed by atoms with van der Waals surface area (Å²) in [4.78, 5) is 0. The number of fused-ring (bicyclic) bond motifs is 2. The highest BCUT2D eigenvalue weighted by Crippen LogP contribution is 2.42. The van der Waals surface area contributed by atoms with Crippen molar-refractivity contribution in [1.82, 2.24) is 20.4 Å². The molecule has 0 aromatic carbocycles. The summed E-state index contributed by atoms with van der Waals surface area (Å²) in [7, 11) is 0. The topological polar surface area (TPSA) is 57.1 Å². The van der Waals surface area contributed by atoms with E-state index in [-0.39, 0.29) is 5.41 Å². The van der Waals surface area contributed by atoms with Crippen LogP contribution in [0.1, 0.15) is 43.4 Å². The molecular formula is C18H25N4O. The normalized spacial score (nSPS) is 25.5. The number of rotatable bonds is 3. The second-order valence-electron chi connectivity index (χ2n) is 7.82. The van der Waals surface area contributed by atoms with Gasteiger partial charge in [0.1, 0.15) is 17.3 Å². The molecule has 2 aliphatic rings. The van der Waals surface area contributed by atoms with Gasteiger partial charge in [0.2, 0.25) is 0 Å². The molecule has 0 amide bonds. The molecule has 0 spiro atoms. The van der Waals surface area contributed by atoms with Crippen LogP contribution in [0.15, 0.2) is 22.7 Å². The van der Waals surface area contributed by atoms with Gasteiger partial charge in [0.25, 0.3) is 0 Å². The van der Waals surface area contributed by atoms with Gasteiger partial charge in [-0.05, 0) is 24.8 Å². The molecule has 1 aliphatic heterocycles. The predicted octanol–water partition coefficient (Wildman–Crippen LogP) is 2.95. The SMILES string of the molecule is Cc1cc2c(o1)CC(C)(C)CC2NCC1C[N]c2ccnn2C1. The third kappa shape index (κ3) is 2.90. The van der Waals surface area contributed by atoms with Crippen LogP contribution in [0.25, 0.3) is 0 Å². The van der Waals surface area contributed by atoms with E-state index in [9.17, 15) is 0 Å². The molecule has 123 valence electrons. The molecule has 2 aromatic rings. The number of furan rings is 1. The zero-order chi connectivity index (χ0) is 16.0. The van der Waals surface area contributed by atoms with Crippen LogP contribution >= 0.6 is 0 Å². The van der Waals surface area contributed by atoms with Crippen molar-refractivity contribution < 1.29 is 4.42 Å². The monoisotopic (exact) mass is 313 g/mol. The summed E-state index contributed by atoms with van der Waals surface area (Å²) >= 11 is 0. The van der Waals surface area contributed by atoms with Gasteiger partial charge in [0.15, 0.2) is 0 Å². The molecule has 0 saturated heterocycles. The molecule has 2 atom stereocenters. The minimum Gasteiger partial charge on any atom is -0.466 e. The smallest absolute Gasteiger partial charge is 0.145 e. The quantitative estimate of drug-likeness (QED) is 0.948. The molecule has 3 heterocycles. The summed E-state index contributed by atoms with van der Waals surface area (Å²) < 4.78 is 7.94. The highest BCUT2D eigenvalue weighted by atomic mass is 16.3. The van der Waals surface area contributed by atoms with Crippen molar-refractivity contribution in [3.05, 3.63) is 35.4 Å². The molecular weight excluding hydrogens is 288 g/mol. The highest BCUT2D eigenvalue weighted by molar-refractivity contribution is 5.29. The van der Waals surface area contributed by atoms with Crippen molar-refractivity contribution >= 4 is 5.82 Å². The summed E-state index contributed by atoms with van der Waals surface area (Å²) in [6.07, 6.45) is 4.01. The van der Waals surface area contributed by atoms with Crippen molar-refractivity contribution in [2.75, 3.05) is 13.1 Å². The van der Waals surface area contributed by atoms with E-state index in [0.29, 0.717) is 12.0 Å². The first-order valence-electron chi connectivity index (χ1n) is 8.52. The van der Waals surface area contributed by atoms with Gasteiger partial charge in [-0.15, -0.1) is 0 Å². The average Bonchev–Trinajstić information content (AvgIpc) is 3.08. The van der Waals surface area contributed by atoms with E-state index in [1.165, 1.54) is 11.3 Å². The minimum atomic E-state index is 0.279. The zero-order valence-electron chi connectivity index (χ0n) is 14.2. The Morgan fingerprint density at radius 3 is 3.17 bits per heavy atom. The number of nitrogens with one attached hydrogen (secondary N) is 1. The van der Waals surface area contributed by atoms with Gasteiger partial charge in [-0.2, -0.15) is 5.10 Å². The number of aromatic nitrogens is 2. The molecule has 5 heteroatoms. The van der Waals surface area contributed by atoms with E-state index >= 15 is 0 Å². The van der Waals surface area contributed by atoms with Crippen molar-refractivity contribution in [3.8, 4) is 0 Å². The first-order chi connectivity index (χ1) is 11.0. The summed E-state index contributed by atoms with van der Waals surface area (Å²) in [5.74, 6) is 3.70. The fourth-order valence-corrected chi connectivity index (χ4v) is 3.93. The summed E-state index contributed by atoms with van der Waals surface area (Å²) in [6, 6.07) is 4.57. The average molecular weight is 313 g/mol. The summed E-state index contributed by atoms with van der Waals surface area (Å²) in [5.41, 5.74) is 1.63. The molecule has 2 unspecified atom stereocenters. The summed E-state index contributed by atoms with van der Waals surface area (Å²) in [6.45, 7) is 9.50. The van der Waals surface area contributed by atoms with E-state index in [1.807, 2.05) is 23.9 Å². The van der Waals surface area contributed by atoms with Gasteiger partial charge in [-0.1, -0.05) is 13.8 Å². The van der Waals surface area contributed by atoms with Crippen LogP contribution < -0.4 is 10.6 Å². The Morgan fingerprint density at radius 2 is 2.30 bits per heavy atom. The molecule has 1 radical (unpaired) electrons. The largest absolute Gasteiger partial charge is 0.466 e. The standard InChI is InChI=1S/C18H25N4O/c1-12-6-14-15(7-18(2,3)8-16(14)23-12)19-9-13-10-20-17-4-5-21-22(17)11-13/h4-6,13,15,19H,7-11H2,1-3H3. The van der Waals surface area contributed by atoms with Gasteiger partial charge >= 0.3 is 0 Å². The van der Waals surface area contributed by atoms with Crippen molar-refractivity contribution in [2.24, 2.45) is 11.3 Å². The number of aryl methyl sites for hydroxylation is 1. The predicted molar refractivity (Wildman–Crippen MR) is 88.7 cm³/mol. The second kappa shape index (κ2) is 5.41. The maximum absolute atomic E-state index is 5.93. The van der Waals surface area contributed by atoms with Crippen LogP contribution in [0.3, 0.4) is 0 Å². The molecule has 23 heavy (non-hydrogen) atoms. The third-order valence-electron chi connectivity index (χ3n) is 5.03. The Morgan fingerprint density at radius 1 is 1.43 bits per heavy atom. The van der Waals surface area contributed by atoms with E-state index in [0.717, 1.165) is 44.1 Å². The first-order valence-corrected chi connectivity index (χ1v) is 8.52. The van der Waals surface area contributed by atoms with Gasteiger partial charge in [0.05, 0.1) is 6.20 Å². The minimum absolute atomic E-state index is 0.279. The van der Waals surface area contributed by atoms with E-state index < -0.39 is 0 Å². The third-order valence-corrected chi connectivity index (χ3v) is 5.03. The van der Waals surface area contributed by atoms with Crippen LogP contribution in [0.4, 0.5) is 5.82 Å². The highest BCUT2D eigenvalue weighted by Gasteiger charge is 2.35. The fraction of sp³-hybridized carbons (Fsp3) is 0.611. The Bertz CT molecular complexity index is 700. The Kier molecular flexibility index (Phi) is 3.48. The van der Waals surface area contributed by atoms with Crippen molar-refractivity contribution in [2.45, 2.75) is 46.2 Å². The van der Waals surface area contributed by atoms with Crippen LogP contribution in [-0.2, 0) is 13.0 Å². The number of nitrogens with zero attached hydrogens (tertiary/aromatic N) is 3. The van der Waals surface area contributed by atoms with Crippen molar-refractivity contribution in [3.63, 3.8) is 0 Å². The lowest BCUT2D eigenvalue weighted by Gasteiger charge is -2.36. The van der Waals surface area contributed by atoms with Gasteiger partial charge in [-0.25, -0.2) is 4.68 Å². The molecule has 0 bridgehead atoms. The lowest BCUT2D eigenvalue weighted by atomic mass is 9.74. The summed E-state index contributed by atoms with van der Waals surface area (Å²) in [5, 5.41) is 12.7. The lowest BCUT2D eigenvalue weighted by Crippen LogP contribution is -2.39. The van der Waals surface area contributed by atoms with E-state index in [4.69, 9.17) is 4.42 Å². The molecule has 0 saturated carbocycles. The lowest BCUT2D eigenvalue weighted by molar-refractivity contribution is 0.224. The van der Waals surface area contributed by atoms with Crippen LogP contribution in [-0.4, -0.2) is 22.9 Å². The zero-order valence-corrected chi connectivity index (χ0v) is 14.2. The molecule has 1 N–H and O–H groups in total. The van der Waals surface area contributed by atoms with Crippen LogP contribution in [0.2, 0.25) is 0 Å². The van der Waals surface area contributed by atoms with E-state index in [1.54, 1.807) is 0 Å². The maximum Gasteiger partial charge on any atom is 0.145 e. The Labute approximate surface area is 137 Å². The molecule has 2 aromatic heterocycles. The van der Waals surface area contributed by atoms with Gasteiger partial charge < -0.3 is 9.73 Å². The number of hydrogen-bond donors (Lipinski definition) is 1. The Hall–Kier alpha value is -1.75. The van der Waals surface area contributed by atoms with Crippen LogP contribution in [0, 0.1) is 18.3 Å². The molecule has 4 rings (SSSR count). The molecule has 5 nitrogen and oxygen atoms in total. The molecule has 1 aliphatic carbocycles. The number of hydrogen-bond acceptors (Lipinski definition) is 3. The Balaban J connectivity index is 1.45. The maximum atomic E-state index is 5.93. The second-order valence-corrected chi connectivity index (χ2v) is 7.82. The van der Waals surface area contributed by atoms with Crippen LogP contribution in [0.5, 0.6) is 0 Å². The van der Waals surface area contributed by atoms with Gasteiger partial charge in [-0.3, -0.25) is 5.32 Å². The van der Waals surface area contributed by atoms with E-state index in [2.05, 4.69) is 35.6 Å². The first kappa shape index (κ1) is 14.8. The molecule has 0 fully saturated rings. The fourth-order valence-electron chi connectivity index (χ4n) is 3.93. The van der Waals surface area contributed by atoms with Gasteiger partial charge in [0, 0.05) is 49.6 Å².